The largest absolute Gasteiger partial charge is 0.326 e. The third-order valence-electron chi connectivity index (χ3n) is 4.72. The van der Waals surface area contributed by atoms with Crippen molar-refractivity contribution in [2.75, 3.05) is 5.32 Å². The lowest BCUT2D eigenvalue weighted by atomic mass is 9.89. The molecule has 1 aliphatic carbocycles. The summed E-state index contributed by atoms with van der Waals surface area (Å²) < 4.78 is 43.2. The summed E-state index contributed by atoms with van der Waals surface area (Å²) in [5, 5.41) is 2.53. The zero-order valence-corrected chi connectivity index (χ0v) is 16.3. The lowest BCUT2D eigenvalue weighted by Gasteiger charge is -2.31. The predicted octanol–water partition coefficient (Wildman–Crippen LogP) is 4.19. The zero-order chi connectivity index (χ0) is 19.7. The summed E-state index contributed by atoms with van der Waals surface area (Å²) in [6.45, 7) is 1.35. The molecule has 0 radical (unpaired) electrons. The molecule has 1 fully saturated rings. The average Bonchev–Trinajstić information content (AvgIpc) is 3.03. The van der Waals surface area contributed by atoms with Crippen LogP contribution in [0.4, 0.5) is 10.1 Å². The number of hydrogen-bond acceptors (Lipinski definition) is 3. The summed E-state index contributed by atoms with van der Waals surface area (Å²) in [6.07, 6.45) is 2.61. The van der Waals surface area contributed by atoms with E-state index in [2.05, 4.69) is 10.0 Å². The molecular weight excluding hydrogens is 391 g/mol. The van der Waals surface area contributed by atoms with E-state index in [0.29, 0.717) is 24.1 Å². The number of rotatable bonds is 5. The summed E-state index contributed by atoms with van der Waals surface area (Å²) >= 11 is 6.16. The van der Waals surface area contributed by atoms with Gasteiger partial charge in [-0.2, -0.15) is 0 Å². The molecule has 0 aromatic heterocycles. The van der Waals surface area contributed by atoms with Crippen molar-refractivity contribution in [3.63, 3.8) is 0 Å². The Kier molecular flexibility index (Phi) is 5.55. The smallest absolute Gasteiger partial charge is 0.242 e. The third kappa shape index (κ3) is 4.15. The highest BCUT2D eigenvalue weighted by atomic mass is 35.5. The molecule has 0 heterocycles. The highest BCUT2D eigenvalue weighted by Gasteiger charge is 2.41. The molecule has 0 unspecified atom stereocenters. The van der Waals surface area contributed by atoms with Crippen LogP contribution in [0.15, 0.2) is 47.4 Å². The molecule has 1 saturated carbocycles. The fraction of sp³-hybridized carbons (Fsp3) is 0.316. The van der Waals surface area contributed by atoms with Gasteiger partial charge in [-0.1, -0.05) is 42.6 Å². The number of halogens is 2. The van der Waals surface area contributed by atoms with Gasteiger partial charge in [-0.25, -0.2) is 17.5 Å². The third-order valence-corrected chi connectivity index (χ3v) is 6.74. The molecule has 0 saturated heterocycles. The highest BCUT2D eigenvalue weighted by Crippen LogP contribution is 2.41. The van der Waals surface area contributed by atoms with Gasteiger partial charge < -0.3 is 5.32 Å². The SMILES string of the molecule is CC(=O)Nc1ccc(S(=O)(=O)NC2(c3ccccc3F)CCCC2)c(Cl)c1. The van der Waals surface area contributed by atoms with E-state index in [1.165, 1.54) is 31.2 Å². The Hall–Kier alpha value is -1.96. The maximum absolute atomic E-state index is 14.4. The van der Waals surface area contributed by atoms with E-state index in [9.17, 15) is 17.6 Å². The van der Waals surface area contributed by atoms with Crippen LogP contribution in [0, 0.1) is 5.82 Å². The maximum atomic E-state index is 14.4. The summed E-state index contributed by atoms with van der Waals surface area (Å²) in [4.78, 5) is 11.0. The van der Waals surface area contributed by atoms with Crippen LogP contribution in [0.3, 0.4) is 0 Å². The molecule has 8 heteroatoms. The number of anilines is 1. The van der Waals surface area contributed by atoms with Crippen molar-refractivity contribution in [1.82, 2.24) is 4.72 Å². The number of benzene rings is 2. The van der Waals surface area contributed by atoms with E-state index in [1.54, 1.807) is 18.2 Å². The molecular formula is C19H20ClFN2O3S. The number of sulfonamides is 1. The van der Waals surface area contributed by atoms with E-state index < -0.39 is 21.4 Å². The van der Waals surface area contributed by atoms with Crippen LogP contribution >= 0.6 is 11.6 Å². The molecule has 1 amide bonds. The zero-order valence-electron chi connectivity index (χ0n) is 14.8. The molecule has 2 aromatic carbocycles. The second-order valence-corrected chi connectivity index (χ2v) is 8.76. The van der Waals surface area contributed by atoms with Gasteiger partial charge in [0.25, 0.3) is 0 Å². The molecule has 1 aliphatic rings. The summed E-state index contributed by atoms with van der Waals surface area (Å²) in [7, 11) is -4.00. The molecule has 3 rings (SSSR count). The van der Waals surface area contributed by atoms with Crippen molar-refractivity contribution in [1.29, 1.82) is 0 Å². The molecule has 144 valence electrons. The van der Waals surface area contributed by atoms with E-state index in [4.69, 9.17) is 11.6 Å². The fourth-order valence-corrected chi connectivity index (χ4v) is 5.55. The monoisotopic (exact) mass is 410 g/mol. The Morgan fingerprint density at radius 3 is 2.41 bits per heavy atom. The standard InChI is InChI=1S/C19H20ClFN2O3S/c1-13(24)22-14-8-9-18(16(20)12-14)27(25,26)23-19(10-4-5-11-19)15-6-2-3-7-17(15)21/h2-3,6-9,12,23H,4-5,10-11H2,1H3,(H,22,24). The number of carbonyl (C=O) groups is 1. The lowest BCUT2D eigenvalue weighted by Crippen LogP contribution is -2.44. The molecule has 27 heavy (non-hydrogen) atoms. The van der Waals surface area contributed by atoms with Crippen molar-refractivity contribution in [2.24, 2.45) is 0 Å². The van der Waals surface area contributed by atoms with Gasteiger partial charge in [0.2, 0.25) is 15.9 Å². The molecule has 5 nitrogen and oxygen atoms in total. The average molecular weight is 411 g/mol. The second kappa shape index (κ2) is 7.58. The predicted molar refractivity (Wildman–Crippen MR) is 103 cm³/mol. The van der Waals surface area contributed by atoms with Crippen LogP contribution in [0.1, 0.15) is 38.2 Å². The van der Waals surface area contributed by atoms with E-state index >= 15 is 0 Å². The van der Waals surface area contributed by atoms with Crippen molar-refractivity contribution < 1.29 is 17.6 Å². The van der Waals surface area contributed by atoms with Crippen LogP contribution < -0.4 is 10.0 Å². The molecule has 0 aliphatic heterocycles. The van der Waals surface area contributed by atoms with Gasteiger partial charge in [0.15, 0.2) is 0 Å². The molecule has 0 atom stereocenters. The number of nitrogens with one attached hydrogen (secondary N) is 2. The van der Waals surface area contributed by atoms with Crippen LogP contribution in [0.2, 0.25) is 5.02 Å². The quantitative estimate of drug-likeness (QED) is 0.776. The van der Waals surface area contributed by atoms with Gasteiger partial charge >= 0.3 is 0 Å². The van der Waals surface area contributed by atoms with Crippen molar-refractivity contribution in [2.45, 2.75) is 43.0 Å². The van der Waals surface area contributed by atoms with Crippen LogP contribution in [-0.2, 0) is 20.4 Å². The van der Waals surface area contributed by atoms with Crippen LogP contribution in [0.5, 0.6) is 0 Å². The van der Waals surface area contributed by atoms with Crippen molar-refractivity contribution in [3.05, 3.63) is 58.9 Å². The Balaban J connectivity index is 1.97. The Labute approximate surface area is 163 Å². The first-order chi connectivity index (χ1) is 12.7. The number of hydrogen-bond donors (Lipinski definition) is 2. The molecule has 2 aromatic rings. The van der Waals surface area contributed by atoms with Crippen molar-refractivity contribution >= 4 is 33.2 Å². The van der Waals surface area contributed by atoms with Crippen molar-refractivity contribution in [3.8, 4) is 0 Å². The number of carbonyl (C=O) groups excluding carboxylic acids is 1. The summed E-state index contributed by atoms with van der Waals surface area (Å²) in [6, 6.07) is 10.4. The van der Waals surface area contributed by atoms with Crippen LogP contribution in [-0.4, -0.2) is 14.3 Å². The Bertz CT molecular complexity index is 973. The van der Waals surface area contributed by atoms with E-state index in [-0.39, 0.29) is 15.8 Å². The molecule has 0 spiro atoms. The minimum atomic E-state index is -4.00. The van der Waals surface area contributed by atoms with Gasteiger partial charge in [-0.05, 0) is 37.1 Å². The lowest BCUT2D eigenvalue weighted by molar-refractivity contribution is -0.114. The van der Waals surface area contributed by atoms with E-state index in [1.807, 2.05) is 0 Å². The maximum Gasteiger partial charge on any atom is 0.242 e. The van der Waals surface area contributed by atoms with Gasteiger partial charge in [0.1, 0.15) is 10.7 Å². The van der Waals surface area contributed by atoms with Gasteiger partial charge in [-0.3, -0.25) is 4.79 Å². The first-order valence-electron chi connectivity index (χ1n) is 8.60. The summed E-state index contributed by atoms with van der Waals surface area (Å²) in [5.41, 5.74) is -0.253. The fourth-order valence-electron chi connectivity index (χ4n) is 3.57. The van der Waals surface area contributed by atoms with E-state index in [0.717, 1.165) is 12.8 Å². The van der Waals surface area contributed by atoms with Crippen LogP contribution in [0.25, 0.3) is 0 Å². The summed E-state index contributed by atoms with van der Waals surface area (Å²) in [5.74, 6) is -0.724. The second-order valence-electron chi connectivity index (χ2n) is 6.70. The van der Waals surface area contributed by atoms with Gasteiger partial charge in [0, 0.05) is 18.2 Å². The topological polar surface area (TPSA) is 75.3 Å². The number of amides is 1. The Morgan fingerprint density at radius 1 is 1.15 bits per heavy atom. The molecule has 0 bridgehead atoms. The Morgan fingerprint density at radius 2 is 1.81 bits per heavy atom. The van der Waals surface area contributed by atoms with Gasteiger partial charge in [-0.15, -0.1) is 0 Å². The molecule has 2 N–H and O–H groups in total. The normalized spacial score (nSPS) is 16.3. The highest BCUT2D eigenvalue weighted by molar-refractivity contribution is 7.89. The minimum Gasteiger partial charge on any atom is -0.326 e. The first-order valence-corrected chi connectivity index (χ1v) is 10.5. The first kappa shape index (κ1) is 19.8. The van der Waals surface area contributed by atoms with Gasteiger partial charge in [0.05, 0.1) is 10.6 Å². The minimum absolute atomic E-state index is 0.0181.